The average Bonchev–Trinajstić information content (AvgIpc) is 2.26. The third kappa shape index (κ3) is 3.52. The van der Waals surface area contributed by atoms with Gasteiger partial charge in [-0.2, -0.15) is 0 Å². The average molecular weight is 171 g/mol. The number of methoxy groups -OCH3 is 1. The van der Waals surface area contributed by atoms with Crippen molar-refractivity contribution in [2.45, 2.75) is 18.9 Å². The van der Waals surface area contributed by atoms with Gasteiger partial charge in [-0.1, -0.05) is 0 Å². The fourth-order valence-corrected chi connectivity index (χ4v) is 1.56. The standard InChI is InChI=1S/C9H19N2O/c1-11-6-3-5-10-9(8-11)4-7-12-2/h9H,3-8H2,1-2H3. The first-order valence-electron chi connectivity index (χ1n) is 4.67. The smallest absolute Gasteiger partial charge is 0.0478 e. The van der Waals surface area contributed by atoms with E-state index in [0.29, 0.717) is 6.04 Å². The number of hydrogen-bond donors (Lipinski definition) is 0. The molecule has 3 heteroatoms. The van der Waals surface area contributed by atoms with Crippen LogP contribution in [0, 0.1) is 0 Å². The minimum Gasteiger partial charge on any atom is -0.385 e. The second kappa shape index (κ2) is 5.51. The van der Waals surface area contributed by atoms with Gasteiger partial charge in [-0.3, -0.25) is 0 Å². The zero-order valence-corrected chi connectivity index (χ0v) is 8.12. The van der Waals surface area contributed by atoms with Gasteiger partial charge in [0.25, 0.3) is 0 Å². The lowest BCUT2D eigenvalue weighted by Gasteiger charge is -2.18. The van der Waals surface area contributed by atoms with Crippen LogP contribution in [-0.4, -0.2) is 51.3 Å². The predicted octanol–water partition coefficient (Wildman–Crippen LogP) is 0.331. The van der Waals surface area contributed by atoms with Gasteiger partial charge in [0.2, 0.25) is 0 Å². The monoisotopic (exact) mass is 171 g/mol. The SMILES string of the molecule is COCCC1CN(C)CCC[N]1. The second-order valence-electron chi connectivity index (χ2n) is 3.46. The summed E-state index contributed by atoms with van der Waals surface area (Å²) >= 11 is 0. The molecule has 1 fully saturated rings. The molecule has 1 aliphatic rings. The summed E-state index contributed by atoms with van der Waals surface area (Å²) in [5, 5.41) is 4.59. The third-order valence-electron chi connectivity index (χ3n) is 2.26. The molecule has 3 nitrogen and oxygen atoms in total. The number of ether oxygens (including phenoxy) is 1. The van der Waals surface area contributed by atoms with E-state index in [1.54, 1.807) is 7.11 Å². The van der Waals surface area contributed by atoms with E-state index >= 15 is 0 Å². The van der Waals surface area contributed by atoms with E-state index in [0.717, 1.165) is 26.1 Å². The molecule has 12 heavy (non-hydrogen) atoms. The molecule has 1 radical (unpaired) electrons. The molecular formula is C9H19N2O. The summed E-state index contributed by atoms with van der Waals surface area (Å²) in [5.74, 6) is 0. The highest BCUT2D eigenvalue weighted by Crippen LogP contribution is 2.02. The first-order valence-corrected chi connectivity index (χ1v) is 4.67. The third-order valence-corrected chi connectivity index (χ3v) is 2.26. The fourth-order valence-electron chi connectivity index (χ4n) is 1.56. The Morgan fingerprint density at radius 2 is 2.42 bits per heavy atom. The van der Waals surface area contributed by atoms with Gasteiger partial charge in [0.15, 0.2) is 0 Å². The van der Waals surface area contributed by atoms with Crippen LogP contribution in [-0.2, 0) is 4.74 Å². The normalized spacial score (nSPS) is 27.0. The summed E-state index contributed by atoms with van der Waals surface area (Å²) in [6, 6.07) is 0.498. The zero-order valence-electron chi connectivity index (χ0n) is 8.12. The van der Waals surface area contributed by atoms with Crippen molar-refractivity contribution in [3.63, 3.8) is 0 Å². The van der Waals surface area contributed by atoms with Crippen LogP contribution in [0.15, 0.2) is 0 Å². The van der Waals surface area contributed by atoms with Crippen molar-refractivity contribution in [3.05, 3.63) is 0 Å². The van der Waals surface area contributed by atoms with Gasteiger partial charge in [0, 0.05) is 32.8 Å². The van der Waals surface area contributed by atoms with Crippen LogP contribution >= 0.6 is 0 Å². The number of likely N-dealkylation sites (N-methyl/N-ethyl adjacent to an activating group) is 1. The molecule has 1 saturated heterocycles. The predicted molar refractivity (Wildman–Crippen MR) is 49.4 cm³/mol. The highest BCUT2D eigenvalue weighted by molar-refractivity contribution is 4.73. The summed E-state index contributed by atoms with van der Waals surface area (Å²) in [6.07, 6.45) is 2.28. The summed E-state index contributed by atoms with van der Waals surface area (Å²) in [6.45, 7) is 4.15. The van der Waals surface area contributed by atoms with Crippen LogP contribution < -0.4 is 5.32 Å². The minimum absolute atomic E-state index is 0.498. The second-order valence-corrected chi connectivity index (χ2v) is 3.46. The summed E-state index contributed by atoms with van der Waals surface area (Å²) in [5.41, 5.74) is 0. The van der Waals surface area contributed by atoms with Gasteiger partial charge < -0.3 is 9.64 Å². The Hall–Kier alpha value is -0.120. The van der Waals surface area contributed by atoms with Gasteiger partial charge in [-0.15, -0.1) is 0 Å². The van der Waals surface area contributed by atoms with Crippen molar-refractivity contribution in [1.29, 1.82) is 0 Å². The van der Waals surface area contributed by atoms with Crippen LogP contribution in [0.25, 0.3) is 0 Å². The van der Waals surface area contributed by atoms with Gasteiger partial charge in [0.05, 0.1) is 0 Å². The number of nitrogens with zero attached hydrogens (tertiary/aromatic N) is 2. The summed E-state index contributed by atoms with van der Waals surface area (Å²) in [4.78, 5) is 2.36. The van der Waals surface area contributed by atoms with Crippen LogP contribution in [0.3, 0.4) is 0 Å². The molecule has 0 aromatic carbocycles. The van der Waals surface area contributed by atoms with E-state index in [-0.39, 0.29) is 0 Å². The molecule has 1 unspecified atom stereocenters. The van der Waals surface area contributed by atoms with E-state index in [9.17, 15) is 0 Å². The van der Waals surface area contributed by atoms with Crippen LogP contribution in [0.4, 0.5) is 0 Å². The van der Waals surface area contributed by atoms with Crippen molar-refractivity contribution >= 4 is 0 Å². The number of rotatable bonds is 3. The van der Waals surface area contributed by atoms with Gasteiger partial charge in [-0.25, -0.2) is 5.32 Å². The fraction of sp³-hybridized carbons (Fsp3) is 1.00. The van der Waals surface area contributed by atoms with Crippen molar-refractivity contribution < 1.29 is 4.74 Å². The molecule has 0 amide bonds. The van der Waals surface area contributed by atoms with Gasteiger partial charge in [-0.05, 0) is 26.4 Å². The molecule has 0 N–H and O–H groups in total. The molecule has 1 heterocycles. The Morgan fingerprint density at radius 1 is 1.58 bits per heavy atom. The summed E-state index contributed by atoms with van der Waals surface area (Å²) in [7, 11) is 3.92. The topological polar surface area (TPSA) is 26.6 Å². The maximum Gasteiger partial charge on any atom is 0.0478 e. The maximum atomic E-state index is 5.04. The Balaban J connectivity index is 2.21. The Morgan fingerprint density at radius 3 is 3.17 bits per heavy atom. The molecule has 0 aromatic heterocycles. The summed E-state index contributed by atoms with van der Waals surface area (Å²) < 4.78 is 5.04. The molecule has 71 valence electrons. The molecule has 1 rings (SSSR count). The highest BCUT2D eigenvalue weighted by atomic mass is 16.5. The van der Waals surface area contributed by atoms with E-state index in [4.69, 9.17) is 4.74 Å². The van der Waals surface area contributed by atoms with Crippen molar-refractivity contribution in [2.24, 2.45) is 0 Å². The molecular weight excluding hydrogens is 152 g/mol. The first kappa shape index (κ1) is 9.96. The van der Waals surface area contributed by atoms with Crippen LogP contribution in [0.5, 0.6) is 0 Å². The number of hydrogen-bond acceptors (Lipinski definition) is 2. The van der Waals surface area contributed by atoms with Crippen LogP contribution in [0.1, 0.15) is 12.8 Å². The van der Waals surface area contributed by atoms with E-state index in [1.807, 2.05) is 0 Å². The largest absolute Gasteiger partial charge is 0.385 e. The van der Waals surface area contributed by atoms with Crippen molar-refractivity contribution in [1.82, 2.24) is 10.2 Å². The molecule has 0 aliphatic carbocycles. The zero-order chi connectivity index (χ0) is 8.81. The van der Waals surface area contributed by atoms with E-state index < -0.39 is 0 Å². The lowest BCUT2D eigenvalue weighted by Crippen LogP contribution is -2.32. The maximum absolute atomic E-state index is 5.04. The lowest BCUT2D eigenvalue weighted by molar-refractivity contribution is 0.176. The Bertz CT molecular complexity index is 119. The molecule has 1 aliphatic heterocycles. The molecule has 0 saturated carbocycles. The van der Waals surface area contributed by atoms with Gasteiger partial charge in [0.1, 0.15) is 0 Å². The quantitative estimate of drug-likeness (QED) is 0.612. The van der Waals surface area contributed by atoms with Crippen LogP contribution in [0.2, 0.25) is 0 Å². The Labute approximate surface area is 75.1 Å². The van der Waals surface area contributed by atoms with Crippen molar-refractivity contribution in [2.75, 3.05) is 40.4 Å². The Kier molecular flexibility index (Phi) is 4.58. The van der Waals surface area contributed by atoms with Gasteiger partial charge >= 0.3 is 0 Å². The van der Waals surface area contributed by atoms with E-state index in [2.05, 4.69) is 17.3 Å². The first-order chi connectivity index (χ1) is 5.83. The minimum atomic E-state index is 0.498. The molecule has 0 spiro atoms. The molecule has 1 atom stereocenters. The lowest BCUT2D eigenvalue weighted by atomic mass is 10.2. The van der Waals surface area contributed by atoms with E-state index in [1.165, 1.54) is 13.0 Å². The molecule has 0 bridgehead atoms. The van der Waals surface area contributed by atoms with Crippen molar-refractivity contribution in [3.8, 4) is 0 Å². The highest BCUT2D eigenvalue weighted by Gasteiger charge is 2.15. The molecule has 0 aromatic rings.